The summed E-state index contributed by atoms with van der Waals surface area (Å²) in [6, 6.07) is 0. The molecular formula is H4Al2La2O5Sr2Ta2. The molecule has 0 atom stereocenters. The van der Waals surface area contributed by atoms with Crippen molar-refractivity contribution in [2.24, 2.45) is 0 Å². The number of hydrogen-bond donors (Lipinski definition) is 0. The second kappa shape index (κ2) is 116. The largest absolute Gasteiger partial charge is 5.00 e. The van der Waals surface area contributed by atoms with Gasteiger partial charge in [-0.2, -0.15) is 0 Å². The van der Waals surface area contributed by atoms with E-state index in [9.17, 15) is 0 Å². The van der Waals surface area contributed by atoms with Crippen molar-refractivity contribution in [3.05, 3.63) is 0 Å². The average molecular weight is 953 g/mol. The Labute approximate surface area is 267 Å². The molecule has 13 heteroatoms. The molecule has 0 heterocycles. The summed E-state index contributed by atoms with van der Waals surface area (Å²) >= 11 is 0. The van der Waals surface area contributed by atoms with Crippen LogP contribution < -0.4 is 0 Å². The zero-order chi connectivity index (χ0) is 0. The topological polar surface area (TPSA) is 142 Å². The standard InChI is InChI=1S/2Al.2La.5O.2Sr.2Ta.4H/q;;;;5*-2;2*+2;2*+5;4*-1. The predicted octanol–water partition coefficient (Wildman–Crippen LogP) is -1.67. The minimum Gasteiger partial charge on any atom is -2.00 e. The molecule has 13 heavy (non-hydrogen) atoms. The van der Waals surface area contributed by atoms with Crippen molar-refractivity contribution in [3.8, 4) is 0 Å². The van der Waals surface area contributed by atoms with E-state index < -0.39 is 0 Å². The quantitative estimate of drug-likeness (QED) is 0.257. The zero-order valence-corrected chi connectivity index (χ0v) is 29.6. The Kier molecular flexibility index (Phi) is 1210. The van der Waals surface area contributed by atoms with Gasteiger partial charge in [-0.1, -0.05) is 0 Å². The van der Waals surface area contributed by atoms with Gasteiger partial charge in [0.15, 0.2) is 0 Å². The summed E-state index contributed by atoms with van der Waals surface area (Å²) in [6.45, 7) is 0. The molecule has 0 aliphatic heterocycles. The van der Waals surface area contributed by atoms with E-state index in [2.05, 4.69) is 0 Å². The van der Waals surface area contributed by atoms with Crippen LogP contribution >= 0.6 is 0 Å². The fraction of sp³-hybridized carbons (Fsp3) is 0. The summed E-state index contributed by atoms with van der Waals surface area (Å²) < 4.78 is 0. The average Bonchev–Trinajstić information content (AvgIpc) is 0. The third-order valence-electron chi connectivity index (χ3n) is 0. The first kappa shape index (κ1) is 136. The molecule has 0 spiro atoms. The SMILES string of the molecule is [Al].[Al].[H-].[H-].[H-].[H-].[La].[La].[O-2].[O-2].[O-2].[O-2].[O-2].[Sr+2].[Sr+2].[Ta+5].[Ta+5]. The van der Waals surface area contributed by atoms with Crippen molar-refractivity contribution in [2.45, 2.75) is 0 Å². The van der Waals surface area contributed by atoms with E-state index in [4.69, 9.17) is 0 Å². The molecule has 5 nitrogen and oxygen atoms in total. The minimum atomic E-state index is 0. The summed E-state index contributed by atoms with van der Waals surface area (Å²) in [5.41, 5.74) is 0. The molecule has 0 N–H and O–H groups in total. The summed E-state index contributed by atoms with van der Waals surface area (Å²) in [5.74, 6) is 0. The molecule has 0 unspecified atom stereocenters. The smallest absolute Gasteiger partial charge is 2.00 e. The maximum atomic E-state index is 0. The van der Waals surface area contributed by atoms with Crippen LogP contribution in [-0.4, -0.2) is 126 Å². The van der Waals surface area contributed by atoms with Crippen LogP contribution in [0.3, 0.4) is 0 Å². The number of rotatable bonds is 0. The van der Waals surface area contributed by atoms with Crippen molar-refractivity contribution < 1.29 is 149 Å². The second-order valence-electron chi connectivity index (χ2n) is 0. The van der Waals surface area contributed by atoms with Gasteiger partial charge in [-0.25, -0.2) is 0 Å². The van der Waals surface area contributed by atoms with Gasteiger partial charge in [0.2, 0.25) is 0 Å². The van der Waals surface area contributed by atoms with E-state index in [-0.39, 0.29) is 275 Å². The van der Waals surface area contributed by atoms with E-state index in [0.717, 1.165) is 0 Å². The summed E-state index contributed by atoms with van der Waals surface area (Å²) in [4.78, 5) is 0. The Balaban J connectivity index is 0. The van der Waals surface area contributed by atoms with Gasteiger partial charge in [-0.3, -0.25) is 0 Å². The van der Waals surface area contributed by atoms with Crippen LogP contribution in [0.25, 0.3) is 0 Å². The van der Waals surface area contributed by atoms with Crippen molar-refractivity contribution in [2.75, 3.05) is 0 Å². The summed E-state index contributed by atoms with van der Waals surface area (Å²) in [6.07, 6.45) is 0. The van der Waals surface area contributed by atoms with E-state index in [1.807, 2.05) is 0 Å². The Morgan fingerprint density at radius 2 is 0.462 bits per heavy atom. The molecule has 0 aromatic carbocycles. The number of hydrogen-bond acceptors (Lipinski definition) is 0. The van der Waals surface area contributed by atoms with Gasteiger partial charge >= 0.3 is 136 Å². The first-order valence-corrected chi connectivity index (χ1v) is 0. The maximum Gasteiger partial charge on any atom is 5.00 e. The Morgan fingerprint density at radius 1 is 0.462 bits per heavy atom. The normalized spacial score (nSPS) is 0. The second-order valence-corrected chi connectivity index (χ2v) is 0. The third kappa shape index (κ3) is 104. The molecule has 0 bridgehead atoms. The van der Waals surface area contributed by atoms with Crippen molar-refractivity contribution in [1.29, 1.82) is 0 Å². The van der Waals surface area contributed by atoms with Gasteiger partial charge in [0.05, 0.1) is 0 Å². The first-order chi connectivity index (χ1) is 0. The van der Waals surface area contributed by atoms with Crippen LogP contribution in [0, 0.1) is 71.2 Å². The van der Waals surface area contributed by atoms with Crippen LogP contribution in [0.4, 0.5) is 0 Å². The van der Waals surface area contributed by atoms with Crippen LogP contribution in [0.15, 0.2) is 0 Å². The maximum absolute atomic E-state index is 0. The third-order valence-corrected chi connectivity index (χ3v) is 0. The van der Waals surface area contributed by atoms with Crippen molar-refractivity contribution in [1.82, 2.24) is 0 Å². The first-order valence-electron chi connectivity index (χ1n) is 0. The molecule has 0 aromatic heterocycles. The molecule has 8 radical (unpaired) electrons. The Bertz CT molecular complexity index is 41.9. The van der Waals surface area contributed by atoms with Gasteiger partial charge in [-0.05, 0) is 0 Å². The Morgan fingerprint density at radius 3 is 0.462 bits per heavy atom. The Hall–Kier alpha value is 7.70. The van der Waals surface area contributed by atoms with Crippen molar-refractivity contribution in [3.63, 3.8) is 0 Å². The van der Waals surface area contributed by atoms with Gasteiger partial charge in [0.1, 0.15) is 0 Å². The molecule has 0 rings (SSSR count). The van der Waals surface area contributed by atoms with Crippen LogP contribution in [-0.2, 0) is 72.1 Å². The monoisotopic (exact) mass is 953 g/mol. The summed E-state index contributed by atoms with van der Waals surface area (Å²) in [5, 5.41) is 0. The van der Waals surface area contributed by atoms with Crippen LogP contribution in [0.2, 0.25) is 0 Å². The van der Waals surface area contributed by atoms with E-state index >= 15 is 0 Å². The molecular weight excluding hydrogens is 949 g/mol. The fourth-order valence-corrected chi connectivity index (χ4v) is 0. The molecule has 0 amide bonds. The van der Waals surface area contributed by atoms with E-state index in [1.165, 1.54) is 0 Å². The van der Waals surface area contributed by atoms with Gasteiger partial charge in [0.25, 0.3) is 0 Å². The van der Waals surface area contributed by atoms with Gasteiger partial charge < -0.3 is 33.1 Å². The summed E-state index contributed by atoms with van der Waals surface area (Å²) in [7, 11) is 0. The van der Waals surface area contributed by atoms with Crippen LogP contribution in [0.1, 0.15) is 5.71 Å². The predicted molar refractivity (Wildman–Crippen MR) is 30.9 cm³/mol. The van der Waals surface area contributed by atoms with Crippen LogP contribution in [0.5, 0.6) is 0 Å². The molecule has 0 saturated carbocycles. The fourth-order valence-electron chi connectivity index (χ4n) is 0. The molecule has 0 aliphatic rings. The van der Waals surface area contributed by atoms with Crippen molar-refractivity contribution >= 4 is 126 Å². The van der Waals surface area contributed by atoms with E-state index in [0.29, 0.717) is 0 Å². The van der Waals surface area contributed by atoms with E-state index in [1.54, 1.807) is 0 Å². The molecule has 60 valence electrons. The molecule has 0 fully saturated rings. The minimum absolute atomic E-state index is 0. The van der Waals surface area contributed by atoms with Gasteiger partial charge in [0, 0.05) is 106 Å². The molecule has 0 saturated heterocycles. The molecule has 0 aromatic rings. The van der Waals surface area contributed by atoms with Gasteiger partial charge in [-0.15, -0.1) is 0 Å². The zero-order valence-electron chi connectivity index (χ0n) is 10.7. The molecule has 0 aliphatic carbocycles.